The molecule has 2 aliphatic rings. The highest BCUT2D eigenvalue weighted by Crippen LogP contribution is 2.28. The quantitative estimate of drug-likeness (QED) is 0.570. The number of aryl methyl sites for hydroxylation is 1. The monoisotopic (exact) mass is 487 g/mol. The molecule has 5 rings (SSSR count). The Morgan fingerprint density at radius 2 is 2.00 bits per heavy atom. The van der Waals surface area contributed by atoms with Crippen molar-refractivity contribution in [1.82, 2.24) is 19.8 Å². The van der Waals surface area contributed by atoms with Gasteiger partial charge in [0.15, 0.2) is 0 Å². The molecule has 1 amide bonds. The van der Waals surface area contributed by atoms with E-state index in [1.165, 1.54) is 16.4 Å². The van der Waals surface area contributed by atoms with Gasteiger partial charge in [0, 0.05) is 43.3 Å². The number of hydrogen-bond donors (Lipinski definition) is 2. The Labute approximate surface area is 196 Å². The van der Waals surface area contributed by atoms with Crippen LogP contribution in [0.3, 0.4) is 0 Å². The van der Waals surface area contributed by atoms with Crippen LogP contribution in [0.2, 0.25) is 0 Å². The molecule has 2 aliphatic heterocycles. The minimum absolute atomic E-state index is 0.0591. The van der Waals surface area contributed by atoms with Crippen molar-refractivity contribution in [2.24, 2.45) is 0 Å². The zero-order valence-corrected chi connectivity index (χ0v) is 19.6. The fourth-order valence-electron chi connectivity index (χ4n) is 4.54. The van der Waals surface area contributed by atoms with Crippen molar-refractivity contribution in [2.75, 3.05) is 44.3 Å². The number of sulfonamides is 1. The van der Waals surface area contributed by atoms with E-state index in [4.69, 9.17) is 4.74 Å². The minimum Gasteiger partial charge on any atom is -0.378 e. The summed E-state index contributed by atoms with van der Waals surface area (Å²) >= 11 is 0. The molecule has 3 heterocycles. The molecule has 0 saturated carbocycles. The first-order valence-corrected chi connectivity index (χ1v) is 12.6. The number of hydrogen-bond acceptors (Lipinski definition) is 6. The van der Waals surface area contributed by atoms with Crippen LogP contribution < -0.4 is 10.2 Å². The zero-order valence-electron chi connectivity index (χ0n) is 18.8. The lowest BCUT2D eigenvalue weighted by Gasteiger charge is -2.29. The average Bonchev–Trinajstić information content (AvgIpc) is 3.48. The van der Waals surface area contributed by atoms with Crippen LogP contribution in [0.25, 0.3) is 10.9 Å². The highest BCUT2D eigenvalue weighted by molar-refractivity contribution is 7.89. The average molecular weight is 488 g/mol. The molecule has 3 aromatic rings. The predicted octanol–water partition coefficient (Wildman–Crippen LogP) is 2.04. The maximum atomic E-state index is 14.7. The Bertz CT molecular complexity index is 1340. The highest BCUT2D eigenvalue weighted by atomic mass is 32.2. The number of morpholine rings is 1. The number of fused-ring (bicyclic) bond motifs is 1. The van der Waals surface area contributed by atoms with E-state index in [2.05, 4.69) is 15.5 Å². The Kier molecular flexibility index (Phi) is 6.00. The fourth-order valence-corrected chi connectivity index (χ4v) is 6.30. The van der Waals surface area contributed by atoms with Gasteiger partial charge in [-0.1, -0.05) is 0 Å². The summed E-state index contributed by atoms with van der Waals surface area (Å²) in [5.41, 5.74) is 1.92. The molecule has 0 spiro atoms. The first-order valence-electron chi connectivity index (χ1n) is 11.2. The minimum atomic E-state index is -3.80. The van der Waals surface area contributed by atoms with Gasteiger partial charge in [-0.2, -0.15) is 9.40 Å². The Morgan fingerprint density at radius 1 is 1.21 bits per heavy atom. The third-order valence-electron chi connectivity index (χ3n) is 6.33. The van der Waals surface area contributed by atoms with Crippen LogP contribution in [-0.4, -0.2) is 74.3 Å². The van der Waals surface area contributed by atoms with E-state index in [1.807, 2.05) is 17.9 Å². The standard InChI is InChI=1S/C23H26FN5O4S/c1-15-10-16-13-25-27-22(16)21(11-15)34(31,32)29-5-4-17(14-29)26-23(30)19-3-2-18(12-20(19)24)28-6-8-33-9-7-28/h2-3,10-13,17H,4-9,14H2,1H3,(H,25,27)(H,26,30)/t17-/m1/s1. The summed E-state index contributed by atoms with van der Waals surface area (Å²) < 4.78 is 48.1. The lowest BCUT2D eigenvalue weighted by molar-refractivity contribution is 0.0935. The number of aromatic nitrogens is 2. The molecule has 34 heavy (non-hydrogen) atoms. The second-order valence-corrected chi connectivity index (χ2v) is 10.6. The molecule has 11 heteroatoms. The number of rotatable bonds is 5. The van der Waals surface area contributed by atoms with Crippen molar-refractivity contribution >= 4 is 32.5 Å². The van der Waals surface area contributed by atoms with Crippen molar-refractivity contribution in [3.05, 3.63) is 53.5 Å². The summed E-state index contributed by atoms with van der Waals surface area (Å²) in [5, 5.41) is 10.2. The number of carbonyl (C=O) groups excluding carboxylic acids is 1. The summed E-state index contributed by atoms with van der Waals surface area (Å²) in [6, 6.07) is 7.63. The fraction of sp³-hybridized carbons (Fsp3) is 0.391. The summed E-state index contributed by atoms with van der Waals surface area (Å²) in [4.78, 5) is 14.9. The summed E-state index contributed by atoms with van der Waals surface area (Å²) in [6.07, 6.45) is 2.03. The molecule has 2 aromatic carbocycles. The normalized spacial score (nSPS) is 19.6. The zero-order chi connectivity index (χ0) is 23.9. The van der Waals surface area contributed by atoms with Crippen LogP contribution >= 0.6 is 0 Å². The molecule has 0 aliphatic carbocycles. The number of aromatic amines is 1. The van der Waals surface area contributed by atoms with E-state index in [9.17, 15) is 17.6 Å². The van der Waals surface area contributed by atoms with Gasteiger partial charge < -0.3 is 15.0 Å². The number of nitrogens with zero attached hydrogens (tertiary/aromatic N) is 3. The number of ether oxygens (including phenoxy) is 1. The van der Waals surface area contributed by atoms with Gasteiger partial charge in [-0.05, 0) is 49.2 Å². The van der Waals surface area contributed by atoms with Gasteiger partial charge in [-0.3, -0.25) is 9.89 Å². The number of halogens is 1. The molecular weight excluding hydrogens is 461 g/mol. The van der Waals surface area contributed by atoms with Crippen LogP contribution in [-0.2, 0) is 14.8 Å². The third-order valence-corrected chi connectivity index (χ3v) is 8.22. The summed E-state index contributed by atoms with van der Waals surface area (Å²) in [7, 11) is -3.80. The van der Waals surface area contributed by atoms with Gasteiger partial charge in [-0.15, -0.1) is 0 Å². The largest absolute Gasteiger partial charge is 0.378 e. The molecule has 1 atom stereocenters. The maximum Gasteiger partial charge on any atom is 0.254 e. The Hall–Kier alpha value is -3.02. The lowest BCUT2D eigenvalue weighted by Crippen LogP contribution is -2.39. The SMILES string of the molecule is Cc1cc(S(=O)(=O)N2CC[C@@H](NC(=O)c3ccc(N4CCOCC4)cc3F)C2)c2[nH]ncc2c1. The van der Waals surface area contributed by atoms with E-state index in [-0.39, 0.29) is 23.5 Å². The molecule has 2 saturated heterocycles. The Balaban J connectivity index is 1.28. The topological polar surface area (TPSA) is 108 Å². The van der Waals surface area contributed by atoms with E-state index in [1.54, 1.807) is 18.3 Å². The van der Waals surface area contributed by atoms with Gasteiger partial charge in [0.2, 0.25) is 10.0 Å². The molecular formula is C23H26FN5O4S. The third kappa shape index (κ3) is 4.26. The number of benzene rings is 2. The first kappa shape index (κ1) is 22.8. The number of amides is 1. The van der Waals surface area contributed by atoms with Crippen LogP contribution in [0.1, 0.15) is 22.3 Å². The number of carbonyl (C=O) groups is 1. The van der Waals surface area contributed by atoms with Crippen molar-refractivity contribution in [3.63, 3.8) is 0 Å². The molecule has 0 unspecified atom stereocenters. The molecule has 0 bridgehead atoms. The molecule has 180 valence electrons. The molecule has 1 aromatic heterocycles. The second-order valence-electron chi connectivity index (χ2n) is 8.68. The van der Waals surface area contributed by atoms with Crippen molar-refractivity contribution in [3.8, 4) is 0 Å². The van der Waals surface area contributed by atoms with E-state index < -0.39 is 27.8 Å². The van der Waals surface area contributed by atoms with Crippen LogP contribution in [0.5, 0.6) is 0 Å². The van der Waals surface area contributed by atoms with Crippen molar-refractivity contribution in [1.29, 1.82) is 0 Å². The molecule has 2 N–H and O–H groups in total. The van der Waals surface area contributed by atoms with Gasteiger partial charge >= 0.3 is 0 Å². The van der Waals surface area contributed by atoms with Crippen LogP contribution in [0, 0.1) is 12.7 Å². The molecule has 9 nitrogen and oxygen atoms in total. The molecule has 2 fully saturated rings. The lowest BCUT2D eigenvalue weighted by atomic mass is 10.1. The van der Waals surface area contributed by atoms with E-state index in [0.717, 1.165) is 10.9 Å². The van der Waals surface area contributed by atoms with Gasteiger partial charge in [-0.25, -0.2) is 12.8 Å². The summed E-state index contributed by atoms with van der Waals surface area (Å²) in [5.74, 6) is -1.16. The number of H-pyrrole nitrogens is 1. The van der Waals surface area contributed by atoms with Crippen LogP contribution in [0.4, 0.5) is 10.1 Å². The maximum absolute atomic E-state index is 14.7. The van der Waals surface area contributed by atoms with E-state index >= 15 is 0 Å². The highest BCUT2D eigenvalue weighted by Gasteiger charge is 2.35. The van der Waals surface area contributed by atoms with Gasteiger partial charge in [0.1, 0.15) is 10.7 Å². The van der Waals surface area contributed by atoms with E-state index in [0.29, 0.717) is 43.9 Å². The molecule has 0 radical (unpaired) electrons. The summed E-state index contributed by atoms with van der Waals surface area (Å²) in [6.45, 7) is 4.71. The van der Waals surface area contributed by atoms with Gasteiger partial charge in [0.25, 0.3) is 5.91 Å². The van der Waals surface area contributed by atoms with Crippen molar-refractivity contribution in [2.45, 2.75) is 24.3 Å². The number of nitrogens with one attached hydrogen (secondary N) is 2. The Morgan fingerprint density at radius 3 is 2.76 bits per heavy atom. The first-order chi connectivity index (χ1) is 16.3. The predicted molar refractivity (Wildman–Crippen MR) is 125 cm³/mol. The second kappa shape index (κ2) is 8.97. The number of anilines is 1. The van der Waals surface area contributed by atoms with Crippen LogP contribution in [0.15, 0.2) is 41.4 Å². The van der Waals surface area contributed by atoms with Crippen molar-refractivity contribution < 1.29 is 22.3 Å². The van der Waals surface area contributed by atoms with Gasteiger partial charge in [0.05, 0.1) is 30.5 Å². The smallest absolute Gasteiger partial charge is 0.254 e.